The SMILES string of the molecule is Clc1ccc(-c2nc(CN3CCN(C4CCCCC4)CC3)co2)cc1. The second-order valence-electron chi connectivity index (χ2n) is 7.25. The molecule has 1 aromatic heterocycles. The zero-order valence-corrected chi connectivity index (χ0v) is 15.4. The summed E-state index contributed by atoms with van der Waals surface area (Å²) in [5.74, 6) is 0.674. The second-order valence-corrected chi connectivity index (χ2v) is 7.69. The van der Waals surface area contributed by atoms with Gasteiger partial charge in [-0.25, -0.2) is 4.98 Å². The van der Waals surface area contributed by atoms with Gasteiger partial charge >= 0.3 is 0 Å². The highest BCUT2D eigenvalue weighted by Gasteiger charge is 2.25. The Kier molecular flexibility index (Phi) is 5.39. The molecule has 0 atom stereocenters. The third kappa shape index (κ3) is 4.25. The number of hydrogen-bond acceptors (Lipinski definition) is 4. The maximum absolute atomic E-state index is 5.94. The summed E-state index contributed by atoms with van der Waals surface area (Å²) >= 11 is 5.94. The molecule has 0 N–H and O–H groups in total. The molecule has 0 amide bonds. The number of benzene rings is 1. The first-order valence-electron chi connectivity index (χ1n) is 9.45. The van der Waals surface area contributed by atoms with Crippen molar-refractivity contribution in [3.8, 4) is 11.5 Å². The Morgan fingerprint density at radius 3 is 2.44 bits per heavy atom. The van der Waals surface area contributed by atoms with E-state index in [2.05, 4.69) is 14.8 Å². The number of nitrogens with zero attached hydrogens (tertiary/aromatic N) is 3. The molecule has 0 unspecified atom stereocenters. The predicted molar refractivity (Wildman–Crippen MR) is 101 cm³/mol. The Hall–Kier alpha value is -1.36. The third-order valence-electron chi connectivity index (χ3n) is 5.53. The third-order valence-corrected chi connectivity index (χ3v) is 5.78. The normalized spacial score (nSPS) is 20.8. The maximum Gasteiger partial charge on any atom is 0.226 e. The summed E-state index contributed by atoms with van der Waals surface area (Å²) in [5, 5.41) is 0.728. The molecule has 1 saturated carbocycles. The summed E-state index contributed by atoms with van der Waals surface area (Å²) in [6.45, 7) is 5.49. The molecule has 2 aromatic rings. The van der Waals surface area contributed by atoms with Crippen molar-refractivity contribution in [1.82, 2.24) is 14.8 Å². The highest BCUT2D eigenvalue weighted by molar-refractivity contribution is 6.30. The van der Waals surface area contributed by atoms with E-state index in [1.54, 1.807) is 6.26 Å². The van der Waals surface area contributed by atoms with Crippen LogP contribution in [0.4, 0.5) is 0 Å². The fourth-order valence-electron chi connectivity index (χ4n) is 4.07. The van der Waals surface area contributed by atoms with Crippen LogP contribution in [0, 0.1) is 0 Å². The quantitative estimate of drug-likeness (QED) is 0.807. The van der Waals surface area contributed by atoms with Gasteiger partial charge in [0.25, 0.3) is 0 Å². The first kappa shape index (κ1) is 17.1. The highest BCUT2D eigenvalue weighted by Crippen LogP contribution is 2.24. The summed E-state index contributed by atoms with van der Waals surface area (Å²) in [6, 6.07) is 8.46. The van der Waals surface area contributed by atoms with Gasteiger partial charge in [0.2, 0.25) is 5.89 Å². The van der Waals surface area contributed by atoms with Crippen LogP contribution in [0.25, 0.3) is 11.5 Å². The van der Waals surface area contributed by atoms with Crippen LogP contribution < -0.4 is 0 Å². The lowest BCUT2D eigenvalue weighted by Crippen LogP contribution is -2.50. The standard InChI is InChI=1S/C20H26ClN3O/c21-17-8-6-16(7-9-17)20-22-18(15-25-20)14-23-10-12-24(13-11-23)19-4-2-1-3-5-19/h6-9,15,19H,1-5,10-14H2. The Labute approximate surface area is 154 Å². The number of halogens is 1. The minimum Gasteiger partial charge on any atom is -0.444 e. The van der Waals surface area contributed by atoms with Crippen LogP contribution >= 0.6 is 11.6 Å². The van der Waals surface area contributed by atoms with Crippen LogP contribution in [0.1, 0.15) is 37.8 Å². The fraction of sp³-hybridized carbons (Fsp3) is 0.550. The smallest absolute Gasteiger partial charge is 0.226 e. The van der Waals surface area contributed by atoms with Crippen molar-refractivity contribution in [2.24, 2.45) is 0 Å². The minimum absolute atomic E-state index is 0.674. The van der Waals surface area contributed by atoms with Gasteiger partial charge in [-0.2, -0.15) is 0 Å². The second kappa shape index (κ2) is 7.90. The van der Waals surface area contributed by atoms with Crippen LogP contribution in [0.5, 0.6) is 0 Å². The molecule has 4 rings (SSSR count). The molecule has 134 valence electrons. The molecule has 2 heterocycles. The van der Waals surface area contributed by atoms with Crippen molar-refractivity contribution < 1.29 is 4.42 Å². The minimum atomic E-state index is 0.674. The Balaban J connectivity index is 1.31. The van der Waals surface area contributed by atoms with Crippen molar-refractivity contribution in [2.75, 3.05) is 26.2 Å². The average molecular weight is 360 g/mol. The molecular formula is C20H26ClN3O. The molecule has 0 radical (unpaired) electrons. The monoisotopic (exact) mass is 359 g/mol. The summed E-state index contributed by atoms with van der Waals surface area (Å²) < 4.78 is 5.66. The van der Waals surface area contributed by atoms with Gasteiger partial charge in [-0.15, -0.1) is 0 Å². The first-order chi connectivity index (χ1) is 12.3. The van der Waals surface area contributed by atoms with Gasteiger partial charge < -0.3 is 4.42 Å². The van der Waals surface area contributed by atoms with E-state index in [4.69, 9.17) is 16.0 Å². The van der Waals surface area contributed by atoms with E-state index in [0.29, 0.717) is 5.89 Å². The van der Waals surface area contributed by atoms with Crippen LogP contribution in [-0.2, 0) is 6.54 Å². The van der Waals surface area contributed by atoms with Crippen molar-refractivity contribution in [1.29, 1.82) is 0 Å². The van der Waals surface area contributed by atoms with Crippen LogP contribution in [0.15, 0.2) is 34.9 Å². The van der Waals surface area contributed by atoms with E-state index in [1.165, 1.54) is 45.2 Å². The molecule has 4 nitrogen and oxygen atoms in total. The van der Waals surface area contributed by atoms with Gasteiger partial charge in [0.05, 0.1) is 5.69 Å². The molecular weight excluding hydrogens is 334 g/mol. The molecule has 0 bridgehead atoms. The average Bonchev–Trinajstić information content (AvgIpc) is 3.12. The number of aromatic nitrogens is 1. The van der Waals surface area contributed by atoms with Gasteiger partial charge in [-0.1, -0.05) is 30.9 Å². The van der Waals surface area contributed by atoms with Crippen molar-refractivity contribution >= 4 is 11.6 Å². The summed E-state index contributed by atoms with van der Waals surface area (Å²) in [7, 11) is 0. The van der Waals surface area contributed by atoms with Crippen molar-refractivity contribution in [3.63, 3.8) is 0 Å². The summed E-state index contributed by atoms with van der Waals surface area (Å²) in [5.41, 5.74) is 1.98. The van der Waals surface area contributed by atoms with Gasteiger partial charge in [-0.3, -0.25) is 9.80 Å². The van der Waals surface area contributed by atoms with Crippen LogP contribution in [-0.4, -0.2) is 47.0 Å². The number of oxazole rings is 1. The largest absolute Gasteiger partial charge is 0.444 e. The van der Waals surface area contributed by atoms with Gasteiger partial charge in [0.15, 0.2) is 0 Å². The molecule has 1 saturated heterocycles. The lowest BCUT2D eigenvalue weighted by Gasteiger charge is -2.40. The van der Waals surface area contributed by atoms with E-state index < -0.39 is 0 Å². The van der Waals surface area contributed by atoms with E-state index in [0.717, 1.165) is 42.0 Å². The first-order valence-corrected chi connectivity index (χ1v) is 9.82. The molecule has 25 heavy (non-hydrogen) atoms. The topological polar surface area (TPSA) is 32.5 Å². The van der Waals surface area contributed by atoms with Crippen molar-refractivity contribution in [2.45, 2.75) is 44.7 Å². The molecule has 2 fully saturated rings. The van der Waals surface area contributed by atoms with Gasteiger partial charge in [0.1, 0.15) is 6.26 Å². The number of piperazine rings is 1. The van der Waals surface area contributed by atoms with Crippen LogP contribution in [0.2, 0.25) is 5.02 Å². The Morgan fingerprint density at radius 1 is 1.00 bits per heavy atom. The molecule has 0 spiro atoms. The summed E-state index contributed by atoms with van der Waals surface area (Å²) in [4.78, 5) is 9.84. The van der Waals surface area contributed by atoms with Gasteiger partial charge in [0, 0.05) is 49.4 Å². The lowest BCUT2D eigenvalue weighted by atomic mass is 9.94. The van der Waals surface area contributed by atoms with Crippen LogP contribution in [0.3, 0.4) is 0 Å². The van der Waals surface area contributed by atoms with E-state index >= 15 is 0 Å². The molecule has 1 aromatic carbocycles. The Bertz CT molecular complexity index is 671. The molecule has 2 aliphatic rings. The number of hydrogen-bond donors (Lipinski definition) is 0. The molecule has 1 aliphatic heterocycles. The van der Waals surface area contributed by atoms with Crippen molar-refractivity contribution in [3.05, 3.63) is 41.2 Å². The van der Waals surface area contributed by atoms with E-state index in [-0.39, 0.29) is 0 Å². The zero-order valence-electron chi connectivity index (χ0n) is 14.7. The summed E-state index contributed by atoms with van der Waals surface area (Å²) in [6.07, 6.45) is 8.84. The van der Waals surface area contributed by atoms with E-state index in [1.807, 2.05) is 24.3 Å². The van der Waals surface area contributed by atoms with E-state index in [9.17, 15) is 0 Å². The zero-order chi connectivity index (χ0) is 17.1. The Morgan fingerprint density at radius 2 is 1.72 bits per heavy atom. The van der Waals surface area contributed by atoms with Gasteiger partial charge in [-0.05, 0) is 37.1 Å². The maximum atomic E-state index is 5.94. The number of rotatable bonds is 4. The molecule has 1 aliphatic carbocycles. The molecule has 5 heteroatoms. The predicted octanol–water partition coefficient (Wildman–Crippen LogP) is 4.45. The highest BCUT2D eigenvalue weighted by atomic mass is 35.5. The lowest BCUT2D eigenvalue weighted by molar-refractivity contribution is 0.0749. The fourth-order valence-corrected chi connectivity index (χ4v) is 4.19.